The highest BCUT2D eigenvalue weighted by Gasteiger charge is 2.30. The number of hydrogen-bond donors (Lipinski definition) is 1. The minimum absolute atomic E-state index is 0.200. The summed E-state index contributed by atoms with van der Waals surface area (Å²) >= 11 is 0. The zero-order valence-electron chi connectivity index (χ0n) is 11.7. The first-order chi connectivity index (χ1) is 9.20. The van der Waals surface area contributed by atoms with E-state index in [9.17, 15) is 0 Å². The lowest BCUT2D eigenvalue weighted by atomic mass is 10.1. The van der Waals surface area contributed by atoms with Gasteiger partial charge in [0, 0.05) is 31.7 Å². The Morgan fingerprint density at radius 1 is 1.47 bits per heavy atom. The summed E-state index contributed by atoms with van der Waals surface area (Å²) in [6, 6.07) is 7.02. The van der Waals surface area contributed by atoms with Gasteiger partial charge in [0.25, 0.3) is 0 Å². The second-order valence-electron chi connectivity index (χ2n) is 5.53. The van der Waals surface area contributed by atoms with Gasteiger partial charge in [-0.3, -0.25) is 0 Å². The molecule has 1 fully saturated rings. The van der Waals surface area contributed by atoms with Crippen molar-refractivity contribution in [1.29, 1.82) is 0 Å². The fourth-order valence-electron chi connectivity index (χ4n) is 2.53. The highest BCUT2D eigenvalue weighted by Crippen LogP contribution is 2.32. The largest absolute Gasteiger partial charge is 0.355 e. The molecule has 0 aliphatic heterocycles. The molecule has 0 bridgehead atoms. The molecular formula is C15H22N4. The van der Waals surface area contributed by atoms with Crippen molar-refractivity contribution in [3.8, 4) is 0 Å². The van der Waals surface area contributed by atoms with Crippen LogP contribution in [0.4, 0.5) is 5.82 Å². The summed E-state index contributed by atoms with van der Waals surface area (Å²) in [4.78, 5) is 7.12. The third kappa shape index (κ3) is 2.32. The number of anilines is 1. The quantitative estimate of drug-likeness (QED) is 0.894. The van der Waals surface area contributed by atoms with E-state index in [0.29, 0.717) is 6.04 Å². The van der Waals surface area contributed by atoms with Crippen LogP contribution in [0.1, 0.15) is 31.9 Å². The Bertz CT molecular complexity index is 571. The number of hydrogen-bond acceptors (Lipinski definition) is 3. The molecule has 3 rings (SSSR count). The number of pyridine rings is 1. The van der Waals surface area contributed by atoms with E-state index in [4.69, 9.17) is 10.7 Å². The number of imidazole rings is 1. The van der Waals surface area contributed by atoms with Gasteiger partial charge >= 0.3 is 0 Å². The van der Waals surface area contributed by atoms with Crippen LogP contribution in [0.15, 0.2) is 24.4 Å². The molecule has 0 aromatic carbocycles. The Morgan fingerprint density at radius 3 is 2.95 bits per heavy atom. The molecule has 2 aromatic rings. The Labute approximate surface area is 114 Å². The van der Waals surface area contributed by atoms with Crippen molar-refractivity contribution in [2.75, 3.05) is 11.9 Å². The zero-order valence-corrected chi connectivity index (χ0v) is 11.7. The monoisotopic (exact) mass is 258 g/mol. The summed E-state index contributed by atoms with van der Waals surface area (Å²) in [5.41, 5.74) is 8.42. The van der Waals surface area contributed by atoms with Crippen molar-refractivity contribution in [2.24, 2.45) is 5.73 Å². The highest BCUT2D eigenvalue weighted by molar-refractivity contribution is 5.56. The maximum absolute atomic E-state index is 6.16. The lowest BCUT2D eigenvalue weighted by Gasteiger charge is -2.19. The maximum atomic E-state index is 6.16. The first-order valence-corrected chi connectivity index (χ1v) is 7.15. The van der Waals surface area contributed by atoms with Gasteiger partial charge in [-0.25, -0.2) is 4.98 Å². The fourth-order valence-corrected chi connectivity index (χ4v) is 2.53. The van der Waals surface area contributed by atoms with E-state index in [0.717, 1.165) is 24.3 Å². The van der Waals surface area contributed by atoms with Crippen LogP contribution >= 0.6 is 0 Å². The molecule has 2 aromatic heterocycles. The summed E-state index contributed by atoms with van der Waals surface area (Å²) in [5, 5.41) is 0. The van der Waals surface area contributed by atoms with Crippen molar-refractivity contribution < 1.29 is 0 Å². The average molecular weight is 258 g/mol. The fraction of sp³-hybridized carbons (Fsp3) is 0.533. The number of nitrogens with zero attached hydrogens (tertiary/aromatic N) is 3. The Kier molecular flexibility index (Phi) is 3.19. The molecule has 0 radical (unpaired) electrons. The molecule has 2 heterocycles. The predicted molar refractivity (Wildman–Crippen MR) is 78.6 cm³/mol. The molecule has 2 N–H and O–H groups in total. The third-order valence-corrected chi connectivity index (χ3v) is 4.02. The van der Waals surface area contributed by atoms with Crippen molar-refractivity contribution in [3.05, 3.63) is 30.1 Å². The van der Waals surface area contributed by atoms with E-state index >= 15 is 0 Å². The Morgan fingerprint density at radius 2 is 2.26 bits per heavy atom. The number of rotatable bonds is 5. The van der Waals surface area contributed by atoms with Crippen molar-refractivity contribution >= 4 is 11.5 Å². The third-order valence-electron chi connectivity index (χ3n) is 4.02. The molecule has 19 heavy (non-hydrogen) atoms. The maximum Gasteiger partial charge on any atom is 0.151 e. The summed E-state index contributed by atoms with van der Waals surface area (Å²) in [5.74, 6) is 1.11. The van der Waals surface area contributed by atoms with Crippen LogP contribution in [0.5, 0.6) is 0 Å². The molecule has 1 unspecified atom stereocenters. The Balaban J connectivity index is 2.05. The van der Waals surface area contributed by atoms with Gasteiger partial charge in [-0.2, -0.15) is 0 Å². The molecule has 1 aliphatic rings. The number of nitrogens with two attached hydrogens (primary N) is 1. The van der Waals surface area contributed by atoms with Crippen LogP contribution in [0.3, 0.4) is 0 Å². The van der Waals surface area contributed by atoms with Gasteiger partial charge in [0.2, 0.25) is 0 Å². The Hall–Kier alpha value is -1.55. The van der Waals surface area contributed by atoms with Crippen molar-refractivity contribution in [3.63, 3.8) is 0 Å². The molecule has 4 heteroatoms. The minimum Gasteiger partial charge on any atom is -0.355 e. The predicted octanol–water partition coefficient (Wildman–Crippen LogP) is 2.21. The molecule has 1 saturated carbocycles. The van der Waals surface area contributed by atoms with Crippen LogP contribution in [0.25, 0.3) is 5.65 Å². The first kappa shape index (κ1) is 12.5. The van der Waals surface area contributed by atoms with Gasteiger partial charge in [0.15, 0.2) is 5.82 Å². The lowest BCUT2D eigenvalue weighted by molar-refractivity contribution is 0.632. The highest BCUT2D eigenvalue weighted by atomic mass is 15.2. The van der Waals surface area contributed by atoms with Crippen LogP contribution in [-0.4, -0.2) is 28.5 Å². The van der Waals surface area contributed by atoms with Crippen molar-refractivity contribution in [2.45, 2.75) is 44.7 Å². The number of fused-ring (bicyclic) bond motifs is 1. The number of aromatic nitrogens is 2. The molecular weight excluding hydrogens is 236 g/mol. The second kappa shape index (κ2) is 4.85. The standard InChI is InChI=1S/C15H22N4/c1-3-11(16)10-13-15(18(2)12-7-8-12)17-14-6-4-5-9-19(13)14/h4-6,9,11-12H,3,7-8,10,16H2,1-2H3. The summed E-state index contributed by atoms with van der Waals surface area (Å²) in [7, 11) is 2.15. The topological polar surface area (TPSA) is 46.6 Å². The van der Waals surface area contributed by atoms with E-state index in [2.05, 4.69) is 41.6 Å². The van der Waals surface area contributed by atoms with Gasteiger partial charge in [0.1, 0.15) is 5.65 Å². The molecule has 1 atom stereocenters. The smallest absolute Gasteiger partial charge is 0.151 e. The van der Waals surface area contributed by atoms with E-state index < -0.39 is 0 Å². The van der Waals surface area contributed by atoms with Crippen LogP contribution < -0.4 is 10.6 Å². The van der Waals surface area contributed by atoms with E-state index in [-0.39, 0.29) is 6.04 Å². The van der Waals surface area contributed by atoms with Crippen LogP contribution in [0.2, 0.25) is 0 Å². The van der Waals surface area contributed by atoms with E-state index in [1.165, 1.54) is 18.5 Å². The van der Waals surface area contributed by atoms with Gasteiger partial charge in [-0.05, 0) is 31.4 Å². The molecule has 1 aliphatic carbocycles. The normalized spacial score (nSPS) is 16.8. The van der Waals surface area contributed by atoms with E-state index in [1.807, 2.05) is 6.07 Å². The summed E-state index contributed by atoms with van der Waals surface area (Å²) in [6.45, 7) is 2.14. The minimum atomic E-state index is 0.200. The molecule has 102 valence electrons. The molecule has 0 amide bonds. The van der Waals surface area contributed by atoms with Gasteiger partial charge in [0.05, 0.1) is 5.69 Å². The molecule has 0 saturated heterocycles. The SMILES string of the molecule is CCC(N)Cc1c(N(C)C2CC2)nc2ccccn12. The summed E-state index contributed by atoms with van der Waals surface area (Å²) < 4.78 is 2.18. The zero-order chi connectivity index (χ0) is 13.4. The van der Waals surface area contributed by atoms with Crippen LogP contribution in [0, 0.1) is 0 Å². The molecule has 4 nitrogen and oxygen atoms in total. The van der Waals surface area contributed by atoms with Crippen molar-refractivity contribution in [1.82, 2.24) is 9.38 Å². The first-order valence-electron chi connectivity index (χ1n) is 7.15. The molecule has 0 spiro atoms. The van der Waals surface area contributed by atoms with Crippen LogP contribution in [-0.2, 0) is 6.42 Å². The average Bonchev–Trinajstić information content (AvgIpc) is 3.22. The summed E-state index contributed by atoms with van der Waals surface area (Å²) in [6.07, 6.45) is 6.53. The van der Waals surface area contributed by atoms with Gasteiger partial charge in [-0.1, -0.05) is 13.0 Å². The van der Waals surface area contributed by atoms with Gasteiger partial charge in [-0.15, -0.1) is 0 Å². The second-order valence-corrected chi connectivity index (χ2v) is 5.53. The van der Waals surface area contributed by atoms with E-state index in [1.54, 1.807) is 0 Å². The van der Waals surface area contributed by atoms with Gasteiger partial charge < -0.3 is 15.0 Å². The lowest BCUT2D eigenvalue weighted by Crippen LogP contribution is -2.26.